The van der Waals surface area contributed by atoms with Crippen LogP contribution >= 0.6 is 11.6 Å². The summed E-state index contributed by atoms with van der Waals surface area (Å²) in [6.07, 6.45) is 4.62. The highest BCUT2D eigenvalue weighted by atomic mass is 35.5. The van der Waals surface area contributed by atoms with Crippen molar-refractivity contribution in [3.8, 4) is 0 Å². The number of fused-ring (bicyclic) bond motifs is 1. The molecule has 1 aromatic carbocycles. The standard InChI is InChI=1S/C12H9ClN6/c13-9-4-2-1-3-8(9)5-18-19-12-10-11(15-6-14-10)16-7-17-12/h1-7H,(H2,14,15,16,17,19)/b18-5-. The number of hydrazone groups is 1. The average Bonchev–Trinajstić information content (AvgIpc) is 2.90. The summed E-state index contributed by atoms with van der Waals surface area (Å²) in [6.45, 7) is 0. The number of aromatic amines is 1. The molecule has 19 heavy (non-hydrogen) atoms. The fraction of sp³-hybridized carbons (Fsp3) is 0. The van der Waals surface area contributed by atoms with Crippen LogP contribution in [0.3, 0.4) is 0 Å². The van der Waals surface area contributed by atoms with Gasteiger partial charge in [-0.2, -0.15) is 5.10 Å². The number of aromatic nitrogens is 4. The molecule has 0 saturated carbocycles. The number of imidazole rings is 1. The second-order valence-electron chi connectivity index (χ2n) is 3.71. The van der Waals surface area contributed by atoms with Crippen molar-refractivity contribution < 1.29 is 0 Å². The molecule has 6 nitrogen and oxygen atoms in total. The third-order valence-electron chi connectivity index (χ3n) is 2.50. The van der Waals surface area contributed by atoms with Crippen LogP contribution in [-0.2, 0) is 0 Å². The Kier molecular flexibility index (Phi) is 3.07. The van der Waals surface area contributed by atoms with E-state index in [-0.39, 0.29) is 0 Å². The number of hydrogen-bond acceptors (Lipinski definition) is 5. The molecule has 7 heteroatoms. The minimum absolute atomic E-state index is 0.561. The highest BCUT2D eigenvalue weighted by molar-refractivity contribution is 6.33. The van der Waals surface area contributed by atoms with E-state index in [1.165, 1.54) is 6.33 Å². The molecule has 2 aromatic heterocycles. The maximum atomic E-state index is 6.02. The van der Waals surface area contributed by atoms with Crippen LogP contribution in [-0.4, -0.2) is 26.2 Å². The van der Waals surface area contributed by atoms with Gasteiger partial charge in [0, 0.05) is 10.6 Å². The Balaban J connectivity index is 1.83. The number of nitrogens with zero attached hydrogens (tertiary/aromatic N) is 4. The molecule has 0 spiro atoms. The fourth-order valence-electron chi connectivity index (χ4n) is 1.59. The van der Waals surface area contributed by atoms with E-state index in [0.29, 0.717) is 22.0 Å². The highest BCUT2D eigenvalue weighted by Gasteiger charge is 2.03. The smallest absolute Gasteiger partial charge is 0.182 e. The maximum Gasteiger partial charge on any atom is 0.182 e. The van der Waals surface area contributed by atoms with Gasteiger partial charge in [-0.15, -0.1) is 0 Å². The van der Waals surface area contributed by atoms with Crippen LogP contribution in [0.2, 0.25) is 5.02 Å². The van der Waals surface area contributed by atoms with Gasteiger partial charge in [-0.3, -0.25) is 5.43 Å². The average molecular weight is 273 g/mol. The molecule has 2 N–H and O–H groups in total. The van der Waals surface area contributed by atoms with Crippen molar-refractivity contribution in [1.29, 1.82) is 0 Å². The van der Waals surface area contributed by atoms with E-state index in [4.69, 9.17) is 11.6 Å². The summed E-state index contributed by atoms with van der Waals surface area (Å²) in [4.78, 5) is 15.1. The van der Waals surface area contributed by atoms with Crippen molar-refractivity contribution in [2.24, 2.45) is 5.10 Å². The fourth-order valence-corrected chi connectivity index (χ4v) is 1.78. The first-order chi connectivity index (χ1) is 9.34. The van der Waals surface area contributed by atoms with Crippen molar-refractivity contribution in [3.05, 3.63) is 47.5 Å². The predicted molar refractivity (Wildman–Crippen MR) is 74.4 cm³/mol. The Labute approximate surface area is 113 Å². The number of hydrogen-bond donors (Lipinski definition) is 2. The Bertz CT molecular complexity index is 736. The monoisotopic (exact) mass is 272 g/mol. The van der Waals surface area contributed by atoms with Gasteiger partial charge in [0.1, 0.15) is 11.8 Å². The summed E-state index contributed by atoms with van der Waals surface area (Å²) in [7, 11) is 0. The third-order valence-corrected chi connectivity index (χ3v) is 2.85. The predicted octanol–water partition coefficient (Wildman–Crippen LogP) is 2.45. The maximum absolute atomic E-state index is 6.02. The summed E-state index contributed by atoms with van der Waals surface area (Å²) in [5, 5.41) is 4.75. The van der Waals surface area contributed by atoms with Crippen LogP contribution in [0.5, 0.6) is 0 Å². The van der Waals surface area contributed by atoms with Crippen molar-refractivity contribution in [3.63, 3.8) is 0 Å². The minimum atomic E-state index is 0.561. The zero-order valence-corrected chi connectivity index (χ0v) is 10.5. The van der Waals surface area contributed by atoms with Gasteiger partial charge in [-0.05, 0) is 6.07 Å². The lowest BCUT2D eigenvalue weighted by Crippen LogP contribution is -1.95. The van der Waals surface area contributed by atoms with Crippen molar-refractivity contribution in [2.75, 3.05) is 5.43 Å². The molecule has 0 atom stereocenters. The highest BCUT2D eigenvalue weighted by Crippen LogP contribution is 2.15. The van der Waals surface area contributed by atoms with Crippen molar-refractivity contribution in [1.82, 2.24) is 19.9 Å². The van der Waals surface area contributed by atoms with Crippen LogP contribution in [0, 0.1) is 0 Å². The van der Waals surface area contributed by atoms with Gasteiger partial charge in [-0.25, -0.2) is 15.0 Å². The second kappa shape index (κ2) is 5.03. The second-order valence-corrected chi connectivity index (χ2v) is 4.12. The Hall–Kier alpha value is -2.47. The molecule has 0 fully saturated rings. The van der Waals surface area contributed by atoms with Crippen LogP contribution in [0.4, 0.5) is 5.82 Å². The molecule has 3 aromatic rings. The van der Waals surface area contributed by atoms with E-state index in [1.54, 1.807) is 18.6 Å². The molecular formula is C12H9ClN6. The first kappa shape index (κ1) is 11.6. The molecule has 0 amide bonds. The van der Waals surface area contributed by atoms with Crippen LogP contribution in [0.25, 0.3) is 11.2 Å². The first-order valence-electron chi connectivity index (χ1n) is 5.52. The largest absolute Gasteiger partial charge is 0.340 e. The van der Waals surface area contributed by atoms with Gasteiger partial charge >= 0.3 is 0 Å². The molecular weight excluding hydrogens is 264 g/mol. The lowest BCUT2D eigenvalue weighted by atomic mass is 10.2. The van der Waals surface area contributed by atoms with Gasteiger partial charge in [-0.1, -0.05) is 29.8 Å². The molecule has 0 aliphatic heterocycles. The SMILES string of the molecule is Clc1ccccc1/C=N\Nc1ncnc2nc[nH]c12. The third kappa shape index (κ3) is 2.38. The molecule has 0 radical (unpaired) electrons. The molecule has 94 valence electrons. The Morgan fingerprint density at radius 1 is 1.21 bits per heavy atom. The number of nitrogens with one attached hydrogen (secondary N) is 2. The number of rotatable bonds is 3. The van der Waals surface area contributed by atoms with Gasteiger partial charge in [0.2, 0.25) is 0 Å². The zero-order chi connectivity index (χ0) is 13.1. The summed E-state index contributed by atoms with van der Waals surface area (Å²) in [5.74, 6) is 0.561. The summed E-state index contributed by atoms with van der Waals surface area (Å²) in [5.41, 5.74) is 4.96. The van der Waals surface area contributed by atoms with E-state index >= 15 is 0 Å². The molecule has 0 saturated heterocycles. The van der Waals surface area contributed by atoms with Gasteiger partial charge in [0.05, 0.1) is 12.5 Å². The van der Waals surface area contributed by atoms with Gasteiger partial charge in [0.15, 0.2) is 11.5 Å². The number of anilines is 1. The van der Waals surface area contributed by atoms with E-state index in [0.717, 1.165) is 5.56 Å². The van der Waals surface area contributed by atoms with Crippen molar-refractivity contribution in [2.45, 2.75) is 0 Å². The first-order valence-corrected chi connectivity index (χ1v) is 5.90. The summed E-state index contributed by atoms with van der Waals surface area (Å²) in [6, 6.07) is 7.44. The minimum Gasteiger partial charge on any atom is -0.340 e. The number of halogens is 1. The van der Waals surface area contributed by atoms with Crippen LogP contribution in [0.1, 0.15) is 5.56 Å². The molecule has 0 bridgehead atoms. The topological polar surface area (TPSA) is 78.8 Å². The quantitative estimate of drug-likeness (QED) is 0.567. The lowest BCUT2D eigenvalue weighted by Gasteiger charge is -2.00. The number of benzene rings is 1. The Morgan fingerprint density at radius 3 is 3.00 bits per heavy atom. The molecule has 3 rings (SSSR count). The van der Waals surface area contributed by atoms with Crippen molar-refractivity contribution >= 4 is 34.8 Å². The lowest BCUT2D eigenvalue weighted by molar-refractivity contribution is 1.17. The van der Waals surface area contributed by atoms with Gasteiger partial charge in [0.25, 0.3) is 0 Å². The number of H-pyrrole nitrogens is 1. The molecule has 0 aliphatic rings. The van der Waals surface area contributed by atoms with Crippen LogP contribution in [0.15, 0.2) is 42.0 Å². The molecule has 0 aliphatic carbocycles. The normalized spacial score (nSPS) is 11.2. The molecule has 2 heterocycles. The summed E-state index contributed by atoms with van der Waals surface area (Å²) >= 11 is 6.02. The van der Waals surface area contributed by atoms with E-state index < -0.39 is 0 Å². The van der Waals surface area contributed by atoms with Gasteiger partial charge < -0.3 is 4.98 Å². The van der Waals surface area contributed by atoms with E-state index in [2.05, 4.69) is 30.5 Å². The van der Waals surface area contributed by atoms with E-state index in [1.807, 2.05) is 18.2 Å². The molecule has 0 unspecified atom stereocenters. The summed E-state index contributed by atoms with van der Waals surface area (Å²) < 4.78 is 0. The van der Waals surface area contributed by atoms with Crippen LogP contribution < -0.4 is 5.43 Å². The Morgan fingerprint density at radius 2 is 2.11 bits per heavy atom. The zero-order valence-electron chi connectivity index (χ0n) is 9.71. The van der Waals surface area contributed by atoms with E-state index in [9.17, 15) is 0 Å².